The number of ether oxygens (including phenoxy) is 1. The van der Waals surface area contributed by atoms with Gasteiger partial charge in [-0.3, -0.25) is 14.5 Å². The van der Waals surface area contributed by atoms with E-state index in [1.807, 2.05) is 13.8 Å². The number of likely N-dealkylation sites (N-methyl/N-ethyl adjacent to an activating group) is 1. The van der Waals surface area contributed by atoms with Crippen molar-refractivity contribution in [2.24, 2.45) is 0 Å². The van der Waals surface area contributed by atoms with Crippen LogP contribution in [0.3, 0.4) is 0 Å². The SMILES string of the molecule is CCN(CC)C(=O)CN1C(=O)COc2ccc(C(=O)O)cc21. The Hall–Kier alpha value is -2.57. The first-order valence-electron chi connectivity index (χ1n) is 7.06. The van der Waals surface area contributed by atoms with Crippen LogP contribution in [0, 0.1) is 0 Å². The van der Waals surface area contributed by atoms with Gasteiger partial charge in [0, 0.05) is 13.1 Å². The van der Waals surface area contributed by atoms with Crippen LogP contribution in [0.25, 0.3) is 0 Å². The smallest absolute Gasteiger partial charge is 0.335 e. The van der Waals surface area contributed by atoms with Gasteiger partial charge < -0.3 is 14.7 Å². The maximum Gasteiger partial charge on any atom is 0.335 e. The number of anilines is 1. The van der Waals surface area contributed by atoms with E-state index in [0.717, 1.165) is 0 Å². The standard InChI is InChI=1S/C15H18N2O5/c1-3-16(4-2)13(18)8-17-11-7-10(15(20)21)5-6-12(11)22-9-14(17)19/h5-7H,3-4,8-9H2,1-2H3,(H,20,21). The van der Waals surface area contributed by atoms with Crippen molar-refractivity contribution in [3.8, 4) is 5.75 Å². The first-order valence-corrected chi connectivity index (χ1v) is 7.06. The van der Waals surface area contributed by atoms with E-state index in [9.17, 15) is 14.4 Å². The predicted octanol–water partition coefficient (Wildman–Crippen LogP) is 0.979. The summed E-state index contributed by atoms with van der Waals surface area (Å²) in [6.45, 7) is 4.54. The van der Waals surface area contributed by atoms with Crippen LogP contribution in [0.5, 0.6) is 5.75 Å². The van der Waals surface area contributed by atoms with E-state index in [2.05, 4.69) is 0 Å². The Bertz CT molecular complexity index is 610. The van der Waals surface area contributed by atoms with E-state index in [1.165, 1.54) is 23.1 Å². The summed E-state index contributed by atoms with van der Waals surface area (Å²) < 4.78 is 5.29. The molecule has 1 aromatic rings. The number of carbonyl (C=O) groups is 3. The van der Waals surface area contributed by atoms with Gasteiger partial charge in [0.05, 0.1) is 11.3 Å². The fourth-order valence-electron chi connectivity index (χ4n) is 2.32. The van der Waals surface area contributed by atoms with Crippen molar-refractivity contribution < 1.29 is 24.2 Å². The van der Waals surface area contributed by atoms with E-state index >= 15 is 0 Å². The lowest BCUT2D eigenvalue weighted by atomic mass is 10.1. The van der Waals surface area contributed by atoms with Gasteiger partial charge in [0.15, 0.2) is 6.61 Å². The highest BCUT2D eigenvalue weighted by Gasteiger charge is 2.29. The molecule has 0 aromatic heterocycles. The lowest BCUT2D eigenvalue weighted by Gasteiger charge is -2.31. The van der Waals surface area contributed by atoms with Crippen LogP contribution in [0.4, 0.5) is 5.69 Å². The van der Waals surface area contributed by atoms with Crippen molar-refractivity contribution in [2.75, 3.05) is 31.1 Å². The molecule has 0 fully saturated rings. The van der Waals surface area contributed by atoms with E-state index in [1.54, 1.807) is 4.90 Å². The molecule has 118 valence electrons. The number of rotatable bonds is 5. The predicted molar refractivity (Wildman–Crippen MR) is 79.2 cm³/mol. The number of hydrogen-bond donors (Lipinski definition) is 1. The fourth-order valence-corrected chi connectivity index (χ4v) is 2.32. The number of amides is 2. The van der Waals surface area contributed by atoms with Gasteiger partial charge in [-0.25, -0.2) is 4.79 Å². The van der Waals surface area contributed by atoms with E-state index < -0.39 is 5.97 Å². The summed E-state index contributed by atoms with van der Waals surface area (Å²) in [4.78, 5) is 38.3. The molecule has 0 atom stereocenters. The van der Waals surface area contributed by atoms with Crippen LogP contribution in [0.2, 0.25) is 0 Å². The zero-order valence-electron chi connectivity index (χ0n) is 12.5. The van der Waals surface area contributed by atoms with Gasteiger partial charge in [0.1, 0.15) is 12.3 Å². The molecule has 0 spiro atoms. The first-order chi connectivity index (χ1) is 10.5. The lowest BCUT2D eigenvalue weighted by Crippen LogP contribution is -2.46. The molecule has 7 heteroatoms. The van der Waals surface area contributed by atoms with Crippen LogP contribution in [0.15, 0.2) is 18.2 Å². The van der Waals surface area contributed by atoms with Gasteiger partial charge in [-0.1, -0.05) is 0 Å². The topological polar surface area (TPSA) is 87.2 Å². The molecule has 1 aromatic carbocycles. The molecule has 0 saturated carbocycles. The Balaban J connectivity index is 2.32. The molecule has 2 rings (SSSR count). The number of benzene rings is 1. The number of hydrogen-bond acceptors (Lipinski definition) is 4. The average Bonchev–Trinajstić information content (AvgIpc) is 2.50. The Morgan fingerprint density at radius 2 is 2.00 bits per heavy atom. The number of aromatic carboxylic acids is 1. The van der Waals surface area contributed by atoms with Crippen LogP contribution in [-0.4, -0.2) is 54.0 Å². The Morgan fingerprint density at radius 1 is 1.32 bits per heavy atom. The normalized spacial score (nSPS) is 13.4. The summed E-state index contributed by atoms with van der Waals surface area (Å²) in [7, 11) is 0. The zero-order valence-corrected chi connectivity index (χ0v) is 12.5. The molecule has 1 N–H and O–H groups in total. The fraction of sp³-hybridized carbons (Fsp3) is 0.400. The highest BCUT2D eigenvalue weighted by molar-refractivity contribution is 6.03. The molecule has 7 nitrogen and oxygen atoms in total. The van der Waals surface area contributed by atoms with E-state index in [0.29, 0.717) is 24.5 Å². The summed E-state index contributed by atoms with van der Waals surface area (Å²) in [5, 5.41) is 9.07. The first kappa shape index (κ1) is 15.8. The monoisotopic (exact) mass is 306 g/mol. The third kappa shape index (κ3) is 3.03. The molecule has 2 amide bonds. The second-order valence-electron chi connectivity index (χ2n) is 4.82. The van der Waals surface area contributed by atoms with Crippen LogP contribution >= 0.6 is 0 Å². The molecule has 0 unspecified atom stereocenters. The minimum atomic E-state index is -1.10. The minimum absolute atomic E-state index is 0.0392. The van der Waals surface area contributed by atoms with Crippen LogP contribution < -0.4 is 9.64 Å². The molecular weight excluding hydrogens is 288 g/mol. The summed E-state index contributed by atoms with van der Waals surface area (Å²) in [6, 6.07) is 4.26. The van der Waals surface area contributed by atoms with E-state index in [-0.39, 0.29) is 30.5 Å². The molecule has 1 heterocycles. The van der Waals surface area contributed by atoms with Crippen molar-refractivity contribution in [2.45, 2.75) is 13.8 Å². The molecule has 1 aliphatic rings. The van der Waals surface area contributed by atoms with Crippen LogP contribution in [-0.2, 0) is 9.59 Å². The third-order valence-electron chi connectivity index (χ3n) is 3.56. The molecule has 0 aliphatic carbocycles. The summed E-state index contributed by atoms with van der Waals surface area (Å²) in [6.07, 6.45) is 0. The van der Waals surface area contributed by atoms with Gasteiger partial charge in [-0.2, -0.15) is 0 Å². The molecular formula is C15H18N2O5. The average molecular weight is 306 g/mol. The number of carboxylic acids is 1. The number of nitrogens with zero attached hydrogens (tertiary/aromatic N) is 2. The maximum atomic E-state index is 12.2. The lowest BCUT2D eigenvalue weighted by molar-refractivity contribution is -0.131. The molecule has 0 radical (unpaired) electrons. The van der Waals surface area contributed by atoms with E-state index in [4.69, 9.17) is 9.84 Å². The highest BCUT2D eigenvalue weighted by atomic mass is 16.5. The number of carboxylic acid groups (broad SMARTS) is 1. The van der Waals surface area contributed by atoms with Crippen molar-refractivity contribution in [1.82, 2.24) is 4.90 Å². The number of carbonyl (C=O) groups excluding carboxylic acids is 2. The third-order valence-corrected chi connectivity index (χ3v) is 3.56. The Labute approximate surface area is 128 Å². The zero-order chi connectivity index (χ0) is 16.3. The second kappa shape index (κ2) is 6.46. The van der Waals surface area contributed by atoms with Crippen molar-refractivity contribution in [3.05, 3.63) is 23.8 Å². The molecule has 1 aliphatic heterocycles. The van der Waals surface area contributed by atoms with Crippen LogP contribution in [0.1, 0.15) is 24.2 Å². The molecule has 0 bridgehead atoms. The Morgan fingerprint density at radius 3 is 2.59 bits per heavy atom. The summed E-state index contributed by atoms with van der Waals surface area (Å²) >= 11 is 0. The van der Waals surface area contributed by atoms with Gasteiger partial charge in [-0.05, 0) is 32.0 Å². The quantitative estimate of drug-likeness (QED) is 0.876. The maximum absolute atomic E-state index is 12.2. The van der Waals surface area contributed by atoms with Gasteiger partial charge in [-0.15, -0.1) is 0 Å². The largest absolute Gasteiger partial charge is 0.482 e. The van der Waals surface area contributed by atoms with Gasteiger partial charge in [0.2, 0.25) is 5.91 Å². The highest BCUT2D eigenvalue weighted by Crippen LogP contribution is 2.33. The molecule has 22 heavy (non-hydrogen) atoms. The number of fused-ring (bicyclic) bond motifs is 1. The van der Waals surface area contributed by atoms with Gasteiger partial charge in [0.25, 0.3) is 5.91 Å². The molecule has 0 saturated heterocycles. The van der Waals surface area contributed by atoms with Gasteiger partial charge >= 0.3 is 5.97 Å². The second-order valence-corrected chi connectivity index (χ2v) is 4.82. The summed E-state index contributed by atoms with van der Waals surface area (Å²) in [5.41, 5.74) is 0.356. The Kier molecular flexibility index (Phi) is 4.65. The van der Waals surface area contributed by atoms with Crippen molar-refractivity contribution >= 4 is 23.5 Å². The van der Waals surface area contributed by atoms with Crippen molar-refractivity contribution in [1.29, 1.82) is 0 Å². The minimum Gasteiger partial charge on any atom is -0.482 e. The van der Waals surface area contributed by atoms with Crippen molar-refractivity contribution in [3.63, 3.8) is 0 Å². The summed E-state index contributed by atoms with van der Waals surface area (Å²) in [5.74, 6) is -1.25.